The van der Waals surface area contributed by atoms with Crippen molar-refractivity contribution in [3.63, 3.8) is 0 Å². The van der Waals surface area contributed by atoms with E-state index in [0.717, 1.165) is 38.5 Å². The predicted octanol–water partition coefficient (Wildman–Crippen LogP) is 5.43. The van der Waals surface area contributed by atoms with Crippen LogP contribution in [0.5, 0.6) is 0 Å². The number of carbonyl (C=O) groups is 2. The molecular formula is C25H48N2O2. The van der Waals surface area contributed by atoms with Gasteiger partial charge in [-0.05, 0) is 73.1 Å². The van der Waals surface area contributed by atoms with Crippen molar-refractivity contribution in [2.24, 2.45) is 10.8 Å². The minimum Gasteiger partial charge on any atom is -0.303 e. The molecule has 1 unspecified atom stereocenters. The van der Waals surface area contributed by atoms with E-state index in [0.29, 0.717) is 5.78 Å². The highest BCUT2D eigenvalue weighted by atomic mass is 16.1. The lowest BCUT2D eigenvalue weighted by Crippen LogP contribution is -2.66. The molecule has 0 aromatic rings. The van der Waals surface area contributed by atoms with Gasteiger partial charge in [0.05, 0.1) is 11.6 Å². The first-order valence-electron chi connectivity index (χ1n) is 11.5. The third-order valence-corrected chi connectivity index (χ3v) is 6.27. The molecule has 0 radical (unpaired) electrons. The molecule has 4 heteroatoms. The van der Waals surface area contributed by atoms with Crippen LogP contribution in [0, 0.1) is 10.8 Å². The average molecular weight is 409 g/mol. The zero-order chi connectivity index (χ0) is 22.9. The van der Waals surface area contributed by atoms with Crippen molar-refractivity contribution in [1.29, 1.82) is 0 Å². The molecule has 0 aromatic heterocycles. The molecule has 0 aliphatic heterocycles. The Kier molecular flexibility index (Phi) is 7.96. The number of hydrogen-bond donors (Lipinski definition) is 2. The molecular weight excluding hydrogens is 360 g/mol. The SMILES string of the molecule is CCC(NC(C)(C)C)C(=O)C(C)(C)CCC(C)(C)NC1(C(=O)C(C)(C)C)CCC1. The molecule has 0 heterocycles. The van der Waals surface area contributed by atoms with Crippen molar-refractivity contribution < 1.29 is 9.59 Å². The van der Waals surface area contributed by atoms with Crippen molar-refractivity contribution in [2.75, 3.05) is 0 Å². The second kappa shape index (κ2) is 8.78. The summed E-state index contributed by atoms with van der Waals surface area (Å²) in [6.45, 7) is 22.9. The molecule has 2 N–H and O–H groups in total. The van der Waals surface area contributed by atoms with Crippen LogP contribution in [0.4, 0.5) is 0 Å². The van der Waals surface area contributed by atoms with Gasteiger partial charge in [-0.3, -0.25) is 14.9 Å². The lowest BCUT2D eigenvalue weighted by molar-refractivity contribution is -0.138. The van der Waals surface area contributed by atoms with E-state index in [9.17, 15) is 9.59 Å². The molecule has 1 aliphatic carbocycles. The van der Waals surface area contributed by atoms with Crippen molar-refractivity contribution in [2.45, 2.75) is 137 Å². The van der Waals surface area contributed by atoms with E-state index in [-0.39, 0.29) is 28.3 Å². The molecule has 0 bridgehead atoms. The first-order valence-corrected chi connectivity index (χ1v) is 11.5. The molecule has 1 aliphatic rings. The van der Waals surface area contributed by atoms with Gasteiger partial charge in [0.25, 0.3) is 0 Å². The maximum absolute atomic E-state index is 13.2. The summed E-state index contributed by atoms with van der Waals surface area (Å²) in [7, 11) is 0. The highest BCUT2D eigenvalue weighted by Crippen LogP contribution is 2.41. The van der Waals surface area contributed by atoms with Crippen molar-refractivity contribution in [3.8, 4) is 0 Å². The smallest absolute Gasteiger partial charge is 0.158 e. The van der Waals surface area contributed by atoms with Crippen LogP contribution in [0.2, 0.25) is 0 Å². The van der Waals surface area contributed by atoms with E-state index in [1.54, 1.807) is 0 Å². The van der Waals surface area contributed by atoms with E-state index in [2.05, 4.69) is 66.0 Å². The minimum atomic E-state index is -0.404. The Morgan fingerprint density at radius 3 is 1.76 bits per heavy atom. The largest absolute Gasteiger partial charge is 0.303 e. The second-order valence-electron chi connectivity index (χ2n) is 12.6. The van der Waals surface area contributed by atoms with Crippen molar-refractivity contribution >= 4 is 11.6 Å². The zero-order valence-corrected chi connectivity index (χ0v) is 21.1. The van der Waals surface area contributed by atoms with E-state index >= 15 is 0 Å². The average Bonchev–Trinajstić information content (AvgIpc) is 2.51. The van der Waals surface area contributed by atoms with Crippen molar-refractivity contribution in [3.05, 3.63) is 0 Å². The maximum atomic E-state index is 13.2. The van der Waals surface area contributed by atoms with Gasteiger partial charge in [-0.1, -0.05) is 41.5 Å². The molecule has 1 atom stereocenters. The van der Waals surface area contributed by atoms with Crippen LogP contribution >= 0.6 is 0 Å². The molecule has 0 amide bonds. The van der Waals surface area contributed by atoms with Crippen LogP contribution in [0.15, 0.2) is 0 Å². The Bertz CT molecular complexity index is 587. The number of ketones is 2. The normalized spacial score (nSPS) is 18.9. The Labute approximate surface area is 180 Å². The molecule has 4 nitrogen and oxygen atoms in total. The maximum Gasteiger partial charge on any atom is 0.158 e. The fourth-order valence-corrected chi connectivity index (χ4v) is 4.46. The fourth-order valence-electron chi connectivity index (χ4n) is 4.46. The van der Waals surface area contributed by atoms with Gasteiger partial charge in [0.2, 0.25) is 0 Å². The van der Waals surface area contributed by atoms with E-state index < -0.39 is 11.0 Å². The Morgan fingerprint density at radius 2 is 1.41 bits per heavy atom. The quantitative estimate of drug-likeness (QED) is 0.506. The molecule has 170 valence electrons. The number of hydrogen-bond acceptors (Lipinski definition) is 4. The van der Waals surface area contributed by atoms with Crippen LogP contribution < -0.4 is 10.6 Å². The van der Waals surface area contributed by atoms with Gasteiger partial charge < -0.3 is 5.32 Å². The number of Topliss-reactive ketones (excluding diaryl/α,β-unsaturated/α-hetero) is 2. The molecule has 1 fully saturated rings. The Hall–Kier alpha value is -0.740. The molecule has 0 saturated heterocycles. The Morgan fingerprint density at radius 1 is 0.897 bits per heavy atom. The summed E-state index contributed by atoms with van der Waals surface area (Å²) < 4.78 is 0. The van der Waals surface area contributed by atoms with Gasteiger partial charge in [0.15, 0.2) is 11.6 Å². The van der Waals surface area contributed by atoms with E-state index in [1.165, 1.54) is 0 Å². The van der Waals surface area contributed by atoms with Gasteiger partial charge in [-0.15, -0.1) is 0 Å². The summed E-state index contributed by atoms with van der Waals surface area (Å²) in [4.78, 5) is 26.3. The fraction of sp³-hybridized carbons (Fsp3) is 0.920. The molecule has 29 heavy (non-hydrogen) atoms. The Balaban J connectivity index is 2.83. The zero-order valence-electron chi connectivity index (χ0n) is 21.1. The van der Waals surface area contributed by atoms with E-state index in [4.69, 9.17) is 0 Å². The summed E-state index contributed by atoms with van der Waals surface area (Å²) in [6.07, 6.45) is 5.39. The van der Waals surface area contributed by atoms with Crippen LogP contribution in [-0.2, 0) is 9.59 Å². The van der Waals surface area contributed by atoms with Crippen LogP contribution in [0.3, 0.4) is 0 Å². The number of nitrogens with one attached hydrogen (secondary N) is 2. The monoisotopic (exact) mass is 408 g/mol. The highest BCUT2D eigenvalue weighted by Gasteiger charge is 2.50. The van der Waals surface area contributed by atoms with Gasteiger partial charge in [-0.25, -0.2) is 0 Å². The predicted molar refractivity (Wildman–Crippen MR) is 123 cm³/mol. The van der Waals surface area contributed by atoms with Crippen LogP contribution in [0.25, 0.3) is 0 Å². The summed E-state index contributed by atoms with van der Waals surface area (Å²) in [5.41, 5.74) is -1.42. The third kappa shape index (κ3) is 7.17. The standard InChI is InChI=1S/C25H48N2O2/c1-12-18(26-22(5,6)7)19(28)23(8,9)16-17-24(10,11)27-25(14-13-15-25)20(29)21(2,3)4/h18,26-27H,12-17H2,1-11H3. The van der Waals surface area contributed by atoms with Crippen LogP contribution in [-0.4, -0.2) is 34.2 Å². The first-order chi connectivity index (χ1) is 12.9. The molecule has 1 rings (SSSR count). The van der Waals surface area contributed by atoms with Gasteiger partial charge in [0, 0.05) is 21.9 Å². The minimum absolute atomic E-state index is 0.0861. The number of carbonyl (C=O) groups excluding carboxylic acids is 2. The highest BCUT2D eigenvalue weighted by molar-refractivity contribution is 5.93. The summed E-state index contributed by atoms with van der Waals surface area (Å²) in [6, 6.07) is -0.124. The second-order valence-corrected chi connectivity index (χ2v) is 12.6. The third-order valence-electron chi connectivity index (χ3n) is 6.27. The molecule has 1 saturated carbocycles. The first kappa shape index (κ1) is 26.3. The summed E-state index contributed by atoms with van der Waals surface area (Å²) in [5.74, 6) is 0.606. The van der Waals surface area contributed by atoms with Crippen LogP contribution in [0.1, 0.15) is 115 Å². The van der Waals surface area contributed by atoms with Gasteiger partial charge in [-0.2, -0.15) is 0 Å². The number of rotatable bonds is 10. The summed E-state index contributed by atoms with van der Waals surface area (Å²) in [5, 5.41) is 7.22. The topological polar surface area (TPSA) is 58.2 Å². The van der Waals surface area contributed by atoms with Gasteiger partial charge in [0.1, 0.15) is 0 Å². The van der Waals surface area contributed by atoms with Crippen molar-refractivity contribution in [1.82, 2.24) is 10.6 Å². The molecule has 0 aromatic carbocycles. The van der Waals surface area contributed by atoms with Gasteiger partial charge >= 0.3 is 0 Å². The summed E-state index contributed by atoms with van der Waals surface area (Å²) >= 11 is 0. The lowest BCUT2D eigenvalue weighted by atomic mass is 9.65. The molecule has 0 spiro atoms. The lowest BCUT2D eigenvalue weighted by Gasteiger charge is -2.49. The van der Waals surface area contributed by atoms with E-state index in [1.807, 2.05) is 20.8 Å².